The first-order valence-corrected chi connectivity index (χ1v) is 11.7. The Kier molecular flexibility index (Phi) is 5.09. The van der Waals surface area contributed by atoms with Crippen molar-refractivity contribution in [3.63, 3.8) is 0 Å². The lowest BCUT2D eigenvalue weighted by Gasteiger charge is -2.28. The number of fused-ring (bicyclic) bond motifs is 1. The Labute approximate surface area is 168 Å². The van der Waals surface area contributed by atoms with Crippen LogP contribution in [0.4, 0.5) is 5.69 Å². The van der Waals surface area contributed by atoms with Crippen LogP contribution >= 0.6 is 23.4 Å². The third kappa shape index (κ3) is 3.68. The van der Waals surface area contributed by atoms with Crippen LogP contribution in [0, 0.1) is 0 Å². The van der Waals surface area contributed by atoms with Gasteiger partial charge in [-0.05, 0) is 23.8 Å². The smallest absolute Gasteiger partial charge is 0.164 e. The number of thioether (sulfide) groups is 1. The van der Waals surface area contributed by atoms with Crippen LogP contribution in [0.3, 0.4) is 0 Å². The van der Waals surface area contributed by atoms with Gasteiger partial charge in [0.25, 0.3) is 0 Å². The van der Waals surface area contributed by atoms with Crippen LogP contribution in [0.1, 0.15) is 5.56 Å². The monoisotopic (exact) mass is 422 g/mol. The summed E-state index contributed by atoms with van der Waals surface area (Å²) in [6, 6.07) is 14.9. The summed E-state index contributed by atoms with van der Waals surface area (Å²) in [6.45, 7) is 0. The fourth-order valence-electron chi connectivity index (χ4n) is 3.50. The molecule has 2 heterocycles. The second-order valence-corrected chi connectivity index (χ2v) is 10.0. The van der Waals surface area contributed by atoms with Crippen molar-refractivity contribution < 1.29 is 13.2 Å². The molecule has 0 saturated carbocycles. The number of nitrogens with zero attached hydrogens (tertiary/aromatic N) is 2. The molecule has 27 heavy (non-hydrogen) atoms. The Morgan fingerprint density at radius 1 is 1.19 bits per heavy atom. The lowest BCUT2D eigenvalue weighted by Crippen LogP contribution is -2.39. The molecule has 0 unspecified atom stereocenters. The fraction of sp³-hybridized carbons (Fsp3) is 0.316. The minimum absolute atomic E-state index is 0.0967. The average molecular weight is 423 g/mol. The molecule has 0 radical (unpaired) electrons. The summed E-state index contributed by atoms with van der Waals surface area (Å²) in [5.74, 6) is 1.57. The molecule has 142 valence electrons. The molecule has 4 rings (SSSR count). The van der Waals surface area contributed by atoms with Crippen molar-refractivity contribution in [1.29, 1.82) is 0 Å². The predicted octanol–water partition coefficient (Wildman–Crippen LogP) is 3.62. The summed E-state index contributed by atoms with van der Waals surface area (Å²) >= 11 is 7.85. The molecule has 0 aliphatic carbocycles. The van der Waals surface area contributed by atoms with E-state index in [9.17, 15) is 8.42 Å². The van der Waals surface area contributed by atoms with Crippen molar-refractivity contribution in [2.45, 2.75) is 17.8 Å². The molecule has 0 aromatic heterocycles. The Morgan fingerprint density at radius 2 is 1.93 bits per heavy atom. The van der Waals surface area contributed by atoms with E-state index in [1.807, 2.05) is 53.4 Å². The summed E-state index contributed by atoms with van der Waals surface area (Å²) in [6.07, 6.45) is 0. The Bertz CT molecular complexity index is 994. The normalized spacial score (nSPS) is 23.2. The van der Waals surface area contributed by atoms with Crippen LogP contribution in [0.15, 0.2) is 53.5 Å². The maximum atomic E-state index is 12.2. The maximum Gasteiger partial charge on any atom is 0.164 e. The zero-order valence-electron chi connectivity index (χ0n) is 14.7. The van der Waals surface area contributed by atoms with Gasteiger partial charge < -0.3 is 9.64 Å². The van der Waals surface area contributed by atoms with E-state index < -0.39 is 9.84 Å². The van der Waals surface area contributed by atoms with Crippen LogP contribution < -0.4 is 9.64 Å². The molecular weight excluding hydrogens is 404 g/mol. The number of aliphatic imine (C=N–C) groups is 1. The molecule has 1 fully saturated rings. The van der Waals surface area contributed by atoms with Crippen molar-refractivity contribution >= 4 is 44.1 Å². The number of sulfone groups is 1. The highest BCUT2D eigenvalue weighted by atomic mass is 35.5. The number of halogens is 1. The molecule has 2 aliphatic heterocycles. The molecular formula is C19H19ClN2O3S2. The first-order valence-electron chi connectivity index (χ1n) is 8.55. The topological polar surface area (TPSA) is 59.0 Å². The number of methoxy groups -OCH3 is 1. The Balaban J connectivity index is 1.67. The third-order valence-electron chi connectivity index (χ3n) is 4.77. The number of anilines is 1. The summed E-state index contributed by atoms with van der Waals surface area (Å²) in [5, 5.41) is 1.53. The van der Waals surface area contributed by atoms with Crippen molar-refractivity contribution in [3.05, 3.63) is 59.1 Å². The molecule has 0 bridgehead atoms. The second kappa shape index (κ2) is 7.37. The third-order valence-corrected chi connectivity index (χ3v) is 7.85. The summed E-state index contributed by atoms with van der Waals surface area (Å²) in [5.41, 5.74) is 1.87. The van der Waals surface area contributed by atoms with Gasteiger partial charge in [-0.25, -0.2) is 8.42 Å². The lowest BCUT2D eigenvalue weighted by atomic mass is 10.1. The largest absolute Gasteiger partial charge is 0.495 e. The van der Waals surface area contributed by atoms with E-state index in [2.05, 4.69) is 0 Å². The van der Waals surface area contributed by atoms with Crippen molar-refractivity contribution in [3.8, 4) is 5.75 Å². The van der Waals surface area contributed by atoms with Gasteiger partial charge in [-0.15, -0.1) is 0 Å². The predicted molar refractivity (Wildman–Crippen MR) is 112 cm³/mol. The highest BCUT2D eigenvalue weighted by molar-refractivity contribution is 8.13. The minimum Gasteiger partial charge on any atom is -0.495 e. The van der Waals surface area contributed by atoms with Crippen molar-refractivity contribution in [2.75, 3.05) is 23.5 Å². The van der Waals surface area contributed by atoms with Gasteiger partial charge in [-0.1, -0.05) is 53.7 Å². The SMILES string of the molecule is COc1ccccc1N1C(SCc2ccccc2Cl)=N[C@H]2CS(=O)(=O)C[C@@H]21. The zero-order chi connectivity index (χ0) is 19.0. The van der Waals surface area contributed by atoms with Gasteiger partial charge in [0.2, 0.25) is 0 Å². The van der Waals surface area contributed by atoms with E-state index in [1.165, 1.54) is 0 Å². The number of rotatable bonds is 4. The van der Waals surface area contributed by atoms with Gasteiger partial charge in [0.1, 0.15) is 5.75 Å². The van der Waals surface area contributed by atoms with E-state index in [0.29, 0.717) is 11.5 Å². The maximum absolute atomic E-state index is 12.2. The molecule has 1 saturated heterocycles. The molecule has 2 aromatic carbocycles. The molecule has 2 aromatic rings. The van der Waals surface area contributed by atoms with Gasteiger partial charge in [-0.2, -0.15) is 0 Å². The van der Waals surface area contributed by atoms with Gasteiger partial charge in [0.15, 0.2) is 15.0 Å². The zero-order valence-corrected chi connectivity index (χ0v) is 17.1. The van der Waals surface area contributed by atoms with Crippen LogP contribution in [-0.4, -0.2) is 44.3 Å². The van der Waals surface area contributed by atoms with E-state index in [4.69, 9.17) is 21.3 Å². The van der Waals surface area contributed by atoms with Crippen LogP contribution in [0.2, 0.25) is 5.02 Å². The first kappa shape index (κ1) is 18.7. The molecule has 8 heteroatoms. The second-order valence-electron chi connectivity index (χ2n) is 6.55. The van der Waals surface area contributed by atoms with Crippen molar-refractivity contribution in [2.24, 2.45) is 4.99 Å². The van der Waals surface area contributed by atoms with E-state index in [1.54, 1.807) is 18.9 Å². The minimum atomic E-state index is -3.08. The number of hydrogen-bond acceptors (Lipinski definition) is 6. The Morgan fingerprint density at radius 3 is 2.70 bits per heavy atom. The molecule has 0 amide bonds. The summed E-state index contributed by atoms with van der Waals surface area (Å²) in [7, 11) is -1.47. The number of hydrogen-bond donors (Lipinski definition) is 0. The number of benzene rings is 2. The lowest BCUT2D eigenvalue weighted by molar-refractivity contribution is 0.415. The quantitative estimate of drug-likeness (QED) is 0.753. The average Bonchev–Trinajstić information content (AvgIpc) is 3.12. The molecule has 0 spiro atoms. The van der Waals surface area contributed by atoms with E-state index in [-0.39, 0.29) is 23.6 Å². The van der Waals surface area contributed by atoms with Gasteiger partial charge in [0.05, 0.1) is 36.4 Å². The van der Waals surface area contributed by atoms with Gasteiger partial charge in [-0.3, -0.25) is 4.99 Å². The standard InChI is InChI=1S/C19H19ClN2O3S2/c1-25-18-9-5-4-8-16(18)22-17-12-27(23,24)11-15(17)21-19(22)26-10-13-6-2-3-7-14(13)20/h2-9,15,17H,10-12H2,1H3/t15-,17-/m0/s1. The molecule has 5 nitrogen and oxygen atoms in total. The first-order chi connectivity index (χ1) is 13.0. The van der Waals surface area contributed by atoms with E-state index >= 15 is 0 Å². The number of para-hydroxylation sites is 2. The molecule has 2 atom stereocenters. The Hall–Kier alpha value is -1.70. The fourth-order valence-corrected chi connectivity index (χ4v) is 6.75. The van der Waals surface area contributed by atoms with E-state index in [0.717, 1.165) is 21.4 Å². The number of amidine groups is 1. The van der Waals surface area contributed by atoms with Crippen LogP contribution in [0.5, 0.6) is 5.75 Å². The van der Waals surface area contributed by atoms with Crippen LogP contribution in [0.25, 0.3) is 0 Å². The molecule has 0 N–H and O–H groups in total. The molecule has 2 aliphatic rings. The van der Waals surface area contributed by atoms with Gasteiger partial charge in [0, 0.05) is 10.8 Å². The highest BCUT2D eigenvalue weighted by Gasteiger charge is 2.47. The van der Waals surface area contributed by atoms with Gasteiger partial charge >= 0.3 is 0 Å². The summed E-state index contributed by atoms with van der Waals surface area (Å²) in [4.78, 5) is 6.77. The van der Waals surface area contributed by atoms with Crippen molar-refractivity contribution in [1.82, 2.24) is 0 Å². The highest BCUT2D eigenvalue weighted by Crippen LogP contribution is 2.40. The number of ether oxygens (including phenoxy) is 1. The summed E-state index contributed by atoms with van der Waals surface area (Å²) < 4.78 is 29.8. The van der Waals surface area contributed by atoms with Crippen LogP contribution in [-0.2, 0) is 15.6 Å².